The van der Waals surface area contributed by atoms with Crippen molar-refractivity contribution in [1.82, 2.24) is 0 Å². The quantitative estimate of drug-likeness (QED) is 0.403. The Morgan fingerprint density at radius 3 is 2.36 bits per heavy atom. The molecule has 0 unspecified atom stereocenters. The molecule has 2 aromatic rings. The van der Waals surface area contributed by atoms with Gasteiger partial charge in [-0.15, -0.1) is 0 Å². The molecule has 2 aliphatic rings. The van der Waals surface area contributed by atoms with Crippen LogP contribution in [0.3, 0.4) is 0 Å². The Balaban J connectivity index is 1.70. The number of para-hydroxylation sites is 1. The third-order valence-corrected chi connectivity index (χ3v) is 8.36. The molecule has 1 saturated carbocycles. The summed E-state index contributed by atoms with van der Waals surface area (Å²) in [6.07, 6.45) is -0.791. The summed E-state index contributed by atoms with van der Waals surface area (Å²) < 4.78 is 40.2. The minimum Gasteiger partial charge on any atom is -0.481 e. The number of aliphatic carboxylic acids is 1. The highest BCUT2D eigenvalue weighted by molar-refractivity contribution is 6.01. The Hall–Kier alpha value is -3.03. The maximum Gasteiger partial charge on any atom is 0.418 e. The standard InChI is InChI=1S/C28H33F3N2O3/c1-16(2)18-14-17-10-11-23-26(3,12-7-13-27(23,4)24(34)35)20(17)15-22(18)33-25(36)32-21-9-6-5-8-19(21)28(29,30)31/h5-6,8-9,14-16,23H,7,10-13H2,1-4H3,(H,34,35)(H2,32,33,36)/t23-,26-,27-/m1/s1. The van der Waals surface area contributed by atoms with Crippen LogP contribution in [-0.4, -0.2) is 17.1 Å². The van der Waals surface area contributed by atoms with Gasteiger partial charge in [0.25, 0.3) is 0 Å². The summed E-state index contributed by atoms with van der Waals surface area (Å²) >= 11 is 0. The summed E-state index contributed by atoms with van der Waals surface area (Å²) in [7, 11) is 0. The highest BCUT2D eigenvalue weighted by Crippen LogP contribution is 2.58. The summed E-state index contributed by atoms with van der Waals surface area (Å²) in [5.74, 6) is -0.759. The second-order valence-corrected chi connectivity index (χ2v) is 11.0. The van der Waals surface area contributed by atoms with Crippen molar-refractivity contribution in [2.75, 3.05) is 10.6 Å². The Morgan fingerprint density at radius 1 is 1.06 bits per heavy atom. The van der Waals surface area contributed by atoms with Crippen molar-refractivity contribution >= 4 is 23.4 Å². The molecule has 0 saturated heterocycles. The summed E-state index contributed by atoms with van der Waals surface area (Å²) in [4.78, 5) is 25.2. The van der Waals surface area contributed by atoms with Crippen molar-refractivity contribution in [3.05, 3.63) is 58.7 Å². The van der Waals surface area contributed by atoms with Gasteiger partial charge in [-0.3, -0.25) is 4.79 Å². The number of amides is 2. The average Bonchev–Trinajstić information content (AvgIpc) is 2.78. The fraction of sp³-hybridized carbons (Fsp3) is 0.500. The Labute approximate surface area is 209 Å². The van der Waals surface area contributed by atoms with Crippen molar-refractivity contribution in [2.45, 2.75) is 77.3 Å². The topological polar surface area (TPSA) is 78.4 Å². The lowest BCUT2D eigenvalue weighted by Gasteiger charge is -2.53. The summed E-state index contributed by atoms with van der Waals surface area (Å²) in [6, 6.07) is 8.11. The number of urea groups is 1. The van der Waals surface area contributed by atoms with Crippen LogP contribution in [0.5, 0.6) is 0 Å². The molecular formula is C28H33F3N2O3. The van der Waals surface area contributed by atoms with Crippen LogP contribution >= 0.6 is 0 Å². The van der Waals surface area contributed by atoms with Crippen LogP contribution in [0.4, 0.5) is 29.3 Å². The van der Waals surface area contributed by atoms with E-state index < -0.39 is 29.2 Å². The van der Waals surface area contributed by atoms with Gasteiger partial charge in [-0.05, 0) is 84.7 Å². The molecule has 0 radical (unpaired) electrons. The second-order valence-electron chi connectivity index (χ2n) is 11.0. The van der Waals surface area contributed by atoms with Gasteiger partial charge in [-0.25, -0.2) is 4.79 Å². The van der Waals surface area contributed by atoms with E-state index >= 15 is 0 Å². The molecule has 4 rings (SSSR count). The fourth-order valence-electron chi connectivity index (χ4n) is 6.49. The number of carbonyl (C=O) groups is 2. The van der Waals surface area contributed by atoms with Crippen molar-refractivity contribution in [2.24, 2.45) is 11.3 Å². The number of hydrogen-bond acceptors (Lipinski definition) is 2. The van der Waals surface area contributed by atoms with Crippen LogP contribution in [-0.2, 0) is 22.8 Å². The SMILES string of the molecule is CC(C)c1cc2c(cc1NC(=O)Nc1ccccc1C(F)(F)F)[C@@]1(C)CCC[C@@](C)(C(=O)O)[C@@H]1CC2. The Morgan fingerprint density at radius 2 is 1.72 bits per heavy atom. The molecule has 8 heteroatoms. The van der Waals surface area contributed by atoms with Gasteiger partial charge >= 0.3 is 18.2 Å². The Kier molecular flexibility index (Phi) is 6.60. The van der Waals surface area contributed by atoms with Crippen LogP contribution in [0.2, 0.25) is 0 Å². The Bertz CT molecular complexity index is 1190. The van der Waals surface area contributed by atoms with Crippen LogP contribution in [0.1, 0.15) is 81.5 Å². The monoisotopic (exact) mass is 502 g/mol. The molecule has 36 heavy (non-hydrogen) atoms. The average molecular weight is 503 g/mol. The first-order valence-electron chi connectivity index (χ1n) is 12.4. The molecule has 3 N–H and O–H groups in total. The minimum absolute atomic E-state index is 0.0472. The molecule has 2 aromatic carbocycles. The normalized spacial score (nSPS) is 25.6. The molecule has 3 atom stereocenters. The van der Waals surface area contributed by atoms with Gasteiger partial charge in [0.15, 0.2) is 0 Å². The number of carbonyl (C=O) groups excluding carboxylic acids is 1. The molecule has 5 nitrogen and oxygen atoms in total. The molecule has 2 amide bonds. The van der Waals surface area contributed by atoms with E-state index in [2.05, 4.69) is 23.6 Å². The van der Waals surface area contributed by atoms with Crippen molar-refractivity contribution < 1.29 is 27.9 Å². The van der Waals surface area contributed by atoms with E-state index in [4.69, 9.17) is 0 Å². The van der Waals surface area contributed by atoms with E-state index in [1.165, 1.54) is 18.2 Å². The third kappa shape index (κ3) is 4.46. The number of alkyl halides is 3. The highest BCUT2D eigenvalue weighted by Gasteiger charge is 2.55. The number of anilines is 2. The number of aryl methyl sites for hydroxylation is 1. The smallest absolute Gasteiger partial charge is 0.418 e. The number of carboxylic acid groups (broad SMARTS) is 1. The summed E-state index contributed by atoms with van der Waals surface area (Å²) in [5.41, 5.74) is 1.19. The minimum atomic E-state index is -4.60. The maximum absolute atomic E-state index is 13.4. The number of carboxylic acids is 1. The summed E-state index contributed by atoms with van der Waals surface area (Å²) in [5, 5.41) is 15.2. The van der Waals surface area contributed by atoms with E-state index in [0.717, 1.165) is 48.4 Å². The van der Waals surface area contributed by atoms with Crippen LogP contribution < -0.4 is 10.6 Å². The van der Waals surface area contributed by atoms with Gasteiger partial charge in [0.2, 0.25) is 0 Å². The van der Waals surface area contributed by atoms with Gasteiger partial charge in [0, 0.05) is 5.69 Å². The number of halogens is 3. The molecule has 0 bridgehead atoms. The van der Waals surface area contributed by atoms with E-state index in [1.807, 2.05) is 26.8 Å². The van der Waals surface area contributed by atoms with Crippen molar-refractivity contribution in [3.63, 3.8) is 0 Å². The van der Waals surface area contributed by atoms with Gasteiger partial charge in [0.05, 0.1) is 16.7 Å². The molecule has 0 aromatic heterocycles. The predicted octanol–water partition coefficient (Wildman–Crippen LogP) is 7.57. The van der Waals surface area contributed by atoms with E-state index in [-0.39, 0.29) is 22.9 Å². The second kappa shape index (κ2) is 9.12. The first-order chi connectivity index (χ1) is 16.8. The van der Waals surface area contributed by atoms with E-state index in [0.29, 0.717) is 12.1 Å². The zero-order chi connectivity index (χ0) is 26.5. The zero-order valence-corrected chi connectivity index (χ0v) is 21.1. The first-order valence-corrected chi connectivity index (χ1v) is 12.4. The zero-order valence-electron chi connectivity index (χ0n) is 21.1. The van der Waals surface area contributed by atoms with Crippen molar-refractivity contribution in [3.8, 4) is 0 Å². The molecule has 0 heterocycles. The van der Waals surface area contributed by atoms with Gasteiger partial charge < -0.3 is 15.7 Å². The van der Waals surface area contributed by atoms with Crippen LogP contribution in [0.15, 0.2) is 36.4 Å². The number of hydrogen-bond donors (Lipinski definition) is 3. The maximum atomic E-state index is 13.4. The molecule has 0 spiro atoms. The van der Waals surface area contributed by atoms with Gasteiger partial charge in [-0.1, -0.05) is 45.4 Å². The number of fused-ring (bicyclic) bond motifs is 3. The molecule has 0 aliphatic heterocycles. The molecular weight excluding hydrogens is 469 g/mol. The molecule has 2 aliphatic carbocycles. The lowest BCUT2D eigenvalue weighted by Crippen LogP contribution is -2.52. The van der Waals surface area contributed by atoms with E-state index in [1.54, 1.807) is 0 Å². The van der Waals surface area contributed by atoms with Crippen LogP contribution in [0.25, 0.3) is 0 Å². The van der Waals surface area contributed by atoms with Crippen LogP contribution in [0, 0.1) is 11.3 Å². The van der Waals surface area contributed by atoms with Crippen molar-refractivity contribution in [1.29, 1.82) is 0 Å². The third-order valence-electron chi connectivity index (χ3n) is 8.36. The summed E-state index contributed by atoms with van der Waals surface area (Å²) in [6.45, 7) is 7.96. The van der Waals surface area contributed by atoms with Gasteiger partial charge in [-0.2, -0.15) is 13.2 Å². The van der Waals surface area contributed by atoms with E-state index in [9.17, 15) is 27.9 Å². The largest absolute Gasteiger partial charge is 0.481 e. The van der Waals surface area contributed by atoms with Gasteiger partial charge in [0.1, 0.15) is 0 Å². The number of benzene rings is 2. The lowest BCUT2D eigenvalue weighted by molar-refractivity contribution is -0.157. The number of rotatable bonds is 4. The number of nitrogens with one attached hydrogen (secondary N) is 2. The highest BCUT2D eigenvalue weighted by atomic mass is 19.4. The molecule has 1 fully saturated rings. The fourth-order valence-corrected chi connectivity index (χ4v) is 6.49. The molecule has 194 valence electrons. The lowest BCUT2D eigenvalue weighted by atomic mass is 9.49. The first kappa shape index (κ1) is 26.0. The predicted molar refractivity (Wildman–Crippen MR) is 133 cm³/mol.